The van der Waals surface area contributed by atoms with E-state index in [0.717, 1.165) is 10.6 Å². The number of fused-ring (bicyclic) bond motifs is 1. The van der Waals surface area contributed by atoms with Gasteiger partial charge in [-0.15, -0.1) is 0 Å². The monoisotopic (exact) mass is 471 g/mol. The van der Waals surface area contributed by atoms with E-state index in [1.54, 1.807) is 35.2 Å². The molecule has 0 bridgehead atoms. The molecule has 0 amide bonds. The third-order valence-corrected chi connectivity index (χ3v) is 5.78. The molecule has 2 aliphatic rings. The summed E-state index contributed by atoms with van der Waals surface area (Å²) in [7, 11) is 0. The summed E-state index contributed by atoms with van der Waals surface area (Å²) in [4.78, 5) is 5.50. The molecule has 0 radical (unpaired) electrons. The third kappa shape index (κ3) is 3.89. The van der Waals surface area contributed by atoms with Crippen molar-refractivity contribution in [1.82, 2.24) is 14.5 Å². The quantitative estimate of drug-likeness (QED) is 0.374. The SMILES string of the molecule is Fc1c(C2OC2N2CCc3c(nc(C(F)(F)F)n3-c3ccccc3)C2)cccc1C(F)(F)F. The van der Waals surface area contributed by atoms with Crippen LogP contribution in [0.5, 0.6) is 0 Å². The van der Waals surface area contributed by atoms with Gasteiger partial charge in [-0.1, -0.05) is 30.3 Å². The van der Waals surface area contributed by atoms with E-state index in [1.165, 1.54) is 6.07 Å². The van der Waals surface area contributed by atoms with E-state index in [9.17, 15) is 30.7 Å². The Morgan fingerprint density at radius 1 is 0.909 bits per heavy atom. The summed E-state index contributed by atoms with van der Waals surface area (Å²) in [6.45, 7) is 0.282. The van der Waals surface area contributed by atoms with E-state index in [4.69, 9.17) is 4.74 Å². The Hall–Kier alpha value is -2.92. The van der Waals surface area contributed by atoms with E-state index in [0.29, 0.717) is 17.4 Å². The summed E-state index contributed by atoms with van der Waals surface area (Å²) in [6.07, 6.45) is -11.0. The van der Waals surface area contributed by atoms with E-state index >= 15 is 0 Å². The highest BCUT2D eigenvalue weighted by Gasteiger charge is 2.49. The van der Waals surface area contributed by atoms with Crippen LogP contribution in [-0.2, 0) is 30.1 Å². The molecule has 5 rings (SSSR count). The Balaban J connectivity index is 1.42. The molecule has 1 aromatic heterocycles. The second-order valence-corrected chi connectivity index (χ2v) is 7.87. The van der Waals surface area contributed by atoms with Crippen LogP contribution in [-0.4, -0.2) is 27.2 Å². The Morgan fingerprint density at radius 2 is 1.64 bits per heavy atom. The van der Waals surface area contributed by atoms with Gasteiger partial charge in [0.05, 0.1) is 11.3 Å². The molecule has 174 valence electrons. The Morgan fingerprint density at radius 3 is 2.30 bits per heavy atom. The summed E-state index contributed by atoms with van der Waals surface area (Å²) in [5.74, 6) is -2.44. The standard InChI is InChI=1S/C22H16F7N3O/c23-17-13(7-4-8-14(17)21(24,25)26)18-19(33-18)31-10-9-16-15(11-31)30-20(22(27,28)29)32(16)12-5-2-1-3-6-12/h1-8,18-19H,9-11H2. The normalized spacial score (nSPS) is 21.2. The molecule has 2 aliphatic heterocycles. The van der Waals surface area contributed by atoms with Gasteiger partial charge in [0, 0.05) is 36.5 Å². The van der Waals surface area contributed by atoms with Crippen LogP contribution in [0.15, 0.2) is 48.5 Å². The molecule has 2 atom stereocenters. The molecule has 0 saturated carbocycles. The van der Waals surface area contributed by atoms with Crippen LogP contribution < -0.4 is 0 Å². The van der Waals surface area contributed by atoms with Gasteiger partial charge in [-0.25, -0.2) is 9.37 Å². The lowest BCUT2D eigenvalue weighted by Gasteiger charge is -2.25. The number of ether oxygens (including phenoxy) is 1. The minimum Gasteiger partial charge on any atom is -0.348 e. The van der Waals surface area contributed by atoms with Gasteiger partial charge < -0.3 is 4.74 Å². The van der Waals surface area contributed by atoms with Gasteiger partial charge >= 0.3 is 12.4 Å². The summed E-state index contributed by atoms with van der Waals surface area (Å²) < 4.78 is 101. The van der Waals surface area contributed by atoms with Crippen molar-refractivity contribution in [1.29, 1.82) is 0 Å². The maximum absolute atomic E-state index is 14.5. The third-order valence-electron chi connectivity index (χ3n) is 5.78. The van der Waals surface area contributed by atoms with Crippen molar-refractivity contribution < 1.29 is 35.5 Å². The second-order valence-electron chi connectivity index (χ2n) is 7.87. The number of imidazole rings is 1. The predicted molar refractivity (Wildman–Crippen MR) is 102 cm³/mol. The zero-order chi connectivity index (χ0) is 23.5. The van der Waals surface area contributed by atoms with Crippen molar-refractivity contribution in [2.45, 2.75) is 37.7 Å². The van der Waals surface area contributed by atoms with E-state index < -0.39 is 41.9 Å². The summed E-state index contributed by atoms with van der Waals surface area (Å²) >= 11 is 0. The first-order valence-electron chi connectivity index (χ1n) is 10.0. The average molecular weight is 471 g/mol. The largest absolute Gasteiger partial charge is 0.450 e. The van der Waals surface area contributed by atoms with Gasteiger partial charge in [-0.05, 0) is 18.2 Å². The van der Waals surface area contributed by atoms with Gasteiger partial charge in [-0.3, -0.25) is 9.47 Å². The Bertz CT molecular complexity index is 1190. The van der Waals surface area contributed by atoms with Crippen molar-refractivity contribution in [3.63, 3.8) is 0 Å². The minimum absolute atomic E-state index is 0.00000579. The molecule has 3 aromatic rings. The fraction of sp³-hybridized carbons (Fsp3) is 0.318. The molecular formula is C22H16F7N3O. The van der Waals surface area contributed by atoms with Crippen molar-refractivity contribution in [2.75, 3.05) is 6.54 Å². The lowest BCUT2D eigenvalue weighted by Crippen LogP contribution is -2.34. The number of para-hydroxylation sites is 1. The number of aromatic nitrogens is 2. The molecule has 1 saturated heterocycles. The molecule has 2 aromatic carbocycles. The van der Waals surface area contributed by atoms with Crippen LogP contribution in [0.1, 0.15) is 34.4 Å². The van der Waals surface area contributed by atoms with Crippen LogP contribution in [0.25, 0.3) is 5.69 Å². The topological polar surface area (TPSA) is 33.6 Å². The molecular weight excluding hydrogens is 455 g/mol. The van der Waals surface area contributed by atoms with Crippen LogP contribution in [0, 0.1) is 5.82 Å². The lowest BCUT2D eigenvalue weighted by molar-refractivity contribution is -0.146. The second kappa shape index (κ2) is 7.56. The molecule has 4 nitrogen and oxygen atoms in total. The Labute approximate surface area is 183 Å². The number of hydrogen-bond acceptors (Lipinski definition) is 3. The fourth-order valence-corrected chi connectivity index (χ4v) is 4.26. The van der Waals surface area contributed by atoms with Crippen LogP contribution in [0.4, 0.5) is 30.7 Å². The van der Waals surface area contributed by atoms with Crippen LogP contribution >= 0.6 is 0 Å². The zero-order valence-corrected chi connectivity index (χ0v) is 16.8. The van der Waals surface area contributed by atoms with E-state index in [2.05, 4.69) is 4.98 Å². The van der Waals surface area contributed by atoms with Crippen molar-refractivity contribution in [2.24, 2.45) is 0 Å². The van der Waals surface area contributed by atoms with Gasteiger partial charge in [0.1, 0.15) is 18.1 Å². The van der Waals surface area contributed by atoms with Gasteiger partial charge in [0.25, 0.3) is 0 Å². The highest BCUT2D eigenvalue weighted by atomic mass is 19.4. The highest BCUT2D eigenvalue weighted by Crippen LogP contribution is 2.46. The van der Waals surface area contributed by atoms with Crippen LogP contribution in [0.2, 0.25) is 0 Å². The summed E-state index contributed by atoms with van der Waals surface area (Å²) in [5.41, 5.74) is -0.667. The molecule has 1 fully saturated rings. The molecule has 2 unspecified atom stereocenters. The van der Waals surface area contributed by atoms with Crippen molar-refractivity contribution in [3.05, 3.63) is 82.7 Å². The van der Waals surface area contributed by atoms with E-state index in [-0.39, 0.29) is 30.8 Å². The predicted octanol–water partition coefficient (Wildman–Crippen LogP) is 5.50. The molecule has 3 heterocycles. The number of alkyl halides is 6. The molecule has 33 heavy (non-hydrogen) atoms. The summed E-state index contributed by atoms with van der Waals surface area (Å²) in [6, 6.07) is 11.0. The first-order valence-corrected chi connectivity index (χ1v) is 10.0. The van der Waals surface area contributed by atoms with Gasteiger partial charge in [-0.2, -0.15) is 26.3 Å². The van der Waals surface area contributed by atoms with Crippen molar-refractivity contribution >= 4 is 0 Å². The van der Waals surface area contributed by atoms with E-state index in [1.807, 2.05) is 0 Å². The molecule has 0 N–H and O–H groups in total. The number of halogens is 7. The number of hydrogen-bond donors (Lipinski definition) is 0. The van der Waals surface area contributed by atoms with Crippen LogP contribution in [0.3, 0.4) is 0 Å². The molecule has 11 heteroatoms. The van der Waals surface area contributed by atoms with Crippen molar-refractivity contribution in [3.8, 4) is 5.69 Å². The number of rotatable bonds is 3. The number of epoxide rings is 1. The maximum atomic E-state index is 14.5. The lowest BCUT2D eigenvalue weighted by atomic mass is 10.0. The first-order chi connectivity index (χ1) is 15.6. The van der Waals surface area contributed by atoms with Gasteiger partial charge in [0.2, 0.25) is 5.82 Å². The van der Waals surface area contributed by atoms with Gasteiger partial charge in [0.15, 0.2) is 0 Å². The molecule has 0 spiro atoms. The fourth-order valence-electron chi connectivity index (χ4n) is 4.26. The average Bonchev–Trinajstić information content (AvgIpc) is 3.44. The smallest absolute Gasteiger partial charge is 0.348 e. The first kappa shape index (κ1) is 21.9. The summed E-state index contributed by atoms with van der Waals surface area (Å²) in [5, 5.41) is 0. The zero-order valence-electron chi connectivity index (χ0n) is 16.8. The Kier molecular flexibility index (Phi) is 5.02. The number of nitrogens with zero attached hydrogens (tertiary/aromatic N) is 3. The maximum Gasteiger partial charge on any atom is 0.450 e. The number of benzene rings is 2. The molecule has 0 aliphatic carbocycles. The minimum atomic E-state index is -4.84. The highest BCUT2D eigenvalue weighted by molar-refractivity contribution is 5.39.